The third-order valence-corrected chi connectivity index (χ3v) is 3.32. The molecule has 1 unspecified atom stereocenters. The lowest BCUT2D eigenvalue weighted by Gasteiger charge is -2.14. The minimum Gasteiger partial charge on any atom is -0.481 e. The highest BCUT2D eigenvalue weighted by atomic mass is 16.4. The van der Waals surface area contributed by atoms with Crippen molar-refractivity contribution in [1.82, 2.24) is 4.90 Å². The van der Waals surface area contributed by atoms with Gasteiger partial charge in [-0.15, -0.1) is 0 Å². The lowest BCUT2D eigenvalue weighted by Crippen LogP contribution is -2.25. The summed E-state index contributed by atoms with van der Waals surface area (Å²) in [6.07, 6.45) is 1.73. The van der Waals surface area contributed by atoms with Gasteiger partial charge in [-0.2, -0.15) is 0 Å². The fourth-order valence-corrected chi connectivity index (χ4v) is 2.21. The number of rotatable bonds is 4. The first kappa shape index (κ1) is 11.9. The lowest BCUT2D eigenvalue weighted by atomic mass is 10.1. The Balaban J connectivity index is 1.80. The summed E-state index contributed by atoms with van der Waals surface area (Å²) >= 11 is 0. The quantitative estimate of drug-likeness (QED) is 0.769. The molecule has 0 aliphatic carbocycles. The van der Waals surface area contributed by atoms with Crippen LogP contribution >= 0.6 is 0 Å². The molecule has 0 saturated carbocycles. The molecule has 0 bridgehead atoms. The summed E-state index contributed by atoms with van der Waals surface area (Å²) < 4.78 is 0. The summed E-state index contributed by atoms with van der Waals surface area (Å²) in [6.45, 7) is 2.50. The number of hydrogen-bond acceptors (Lipinski definition) is 3. The number of carbonyl (C=O) groups is 1. The van der Waals surface area contributed by atoms with E-state index in [1.165, 1.54) is 5.56 Å². The standard InChI is InChI=1S/C13H18N2O2/c14-12-3-1-10(2-4-12)5-7-15-8-6-11(9-15)13(16)17/h1-4,11H,5-9,14H2,(H,16,17). The maximum atomic E-state index is 10.8. The maximum Gasteiger partial charge on any atom is 0.307 e. The van der Waals surface area contributed by atoms with E-state index in [1.54, 1.807) is 0 Å². The highest BCUT2D eigenvalue weighted by molar-refractivity contribution is 5.70. The average Bonchev–Trinajstić information content (AvgIpc) is 2.77. The fourth-order valence-electron chi connectivity index (χ4n) is 2.21. The number of nitrogen functional groups attached to an aromatic ring is 1. The van der Waals surface area contributed by atoms with E-state index in [1.807, 2.05) is 24.3 Å². The fraction of sp³-hybridized carbons (Fsp3) is 0.462. The van der Waals surface area contributed by atoms with Gasteiger partial charge in [0.25, 0.3) is 0 Å². The Morgan fingerprint density at radius 1 is 1.41 bits per heavy atom. The smallest absolute Gasteiger partial charge is 0.307 e. The summed E-state index contributed by atoms with van der Waals surface area (Å²) in [5.74, 6) is -0.846. The average molecular weight is 234 g/mol. The third kappa shape index (κ3) is 3.20. The van der Waals surface area contributed by atoms with Crippen LogP contribution in [-0.2, 0) is 11.2 Å². The van der Waals surface area contributed by atoms with Crippen LogP contribution in [-0.4, -0.2) is 35.6 Å². The lowest BCUT2D eigenvalue weighted by molar-refractivity contribution is -0.141. The normalized spacial score (nSPS) is 20.6. The van der Waals surface area contributed by atoms with E-state index in [0.29, 0.717) is 6.54 Å². The van der Waals surface area contributed by atoms with Crippen molar-refractivity contribution in [3.05, 3.63) is 29.8 Å². The highest BCUT2D eigenvalue weighted by Crippen LogP contribution is 2.16. The van der Waals surface area contributed by atoms with Crippen LogP contribution in [0.5, 0.6) is 0 Å². The van der Waals surface area contributed by atoms with Gasteiger partial charge in [0.1, 0.15) is 0 Å². The van der Waals surface area contributed by atoms with E-state index in [-0.39, 0.29) is 5.92 Å². The molecule has 1 aromatic carbocycles. The molecule has 1 aliphatic rings. The Morgan fingerprint density at radius 2 is 2.12 bits per heavy atom. The van der Waals surface area contributed by atoms with Crippen molar-refractivity contribution in [3.63, 3.8) is 0 Å². The van der Waals surface area contributed by atoms with E-state index in [2.05, 4.69) is 4.90 Å². The highest BCUT2D eigenvalue weighted by Gasteiger charge is 2.27. The zero-order chi connectivity index (χ0) is 12.3. The largest absolute Gasteiger partial charge is 0.481 e. The molecule has 4 nitrogen and oxygen atoms in total. The van der Waals surface area contributed by atoms with Crippen molar-refractivity contribution in [2.45, 2.75) is 12.8 Å². The zero-order valence-corrected chi connectivity index (χ0v) is 9.80. The predicted octanol–water partition coefficient (Wildman–Crippen LogP) is 1.22. The Labute approximate surface area is 101 Å². The first-order chi connectivity index (χ1) is 8.15. The van der Waals surface area contributed by atoms with E-state index < -0.39 is 5.97 Å². The number of likely N-dealkylation sites (tertiary alicyclic amines) is 1. The van der Waals surface area contributed by atoms with Crippen LogP contribution < -0.4 is 5.73 Å². The zero-order valence-electron chi connectivity index (χ0n) is 9.80. The second-order valence-corrected chi connectivity index (χ2v) is 4.62. The second-order valence-electron chi connectivity index (χ2n) is 4.62. The van der Waals surface area contributed by atoms with Gasteiger partial charge < -0.3 is 15.7 Å². The van der Waals surface area contributed by atoms with Crippen LogP contribution in [0.2, 0.25) is 0 Å². The number of aliphatic carboxylic acids is 1. The monoisotopic (exact) mass is 234 g/mol. The van der Waals surface area contributed by atoms with Gasteiger partial charge in [-0.1, -0.05) is 12.1 Å². The number of benzene rings is 1. The summed E-state index contributed by atoms with van der Waals surface area (Å²) in [7, 11) is 0. The van der Waals surface area contributed by atoms with Gasteiger partial charge in [0.15, 0.2) is 0 Å². The first-order valence-electron chi connectivity index (χ1n) is 5.95. The van der Waals surface area contributed by atoms with Crippen LogP contribution in [0.4, 0.5) is 5.69 Å². The van der Waals surface area contributed by atoms with Crippen molar-refractivity contribution < 1.29 is 9.90 Å². The van der Waals surface area contributed by atoms with Crippen LogP contribution in [0.15, 0.2) is 24.3 Å². The van der Waals surface area contributed by atoms with Gasteiger partial charge in [0, 0.05) is 18.8 Å². The van der Waals surface area contributed by atoms with Crippen molar-refractivity contribution in [2.75, 3.05) is 25.4 Å². The molecule has 2 rings (SSSR count). The first-order valence-corrected chi connectivity index (χ1v) is 5.95. The Bertz CT molecular complexity index is 389. The molecule has 17 heavy (non-hydrogen) atoms. The van der Waals surface area contributed by atoms with Crippen molar-refractivity contribution in [2.24, 2.45) is 5.92 Å². The number of carboxylic acid groups (broad SMARTS) is 1. The van der Waals surface area contributed by atoms with Gasteiger partial charge in [-0.3, -0.25) is 4.79 Å². The molecule has 1 saturated heterocycles. The van der Waals surface area contributed by atoms with E-state index in [9.17, 15) is 4.79 Å². The molecular formula is C13H18N2O2. The summed E-state index contributed by atoms with van der Waals surface area (Å²) in [4.78, 5) is 13.0. The topological polar surface area (TPSA) is 66.6 Å². The van der Waals surface area contributed by atoms with Crippen LogP contribution in [0, 0.1) is 5.92 Å². The van der Waals surface area contributed by atoms with Gasteiger partial charge in [-0.05, 0) is 37.1 Å². The van der Waals surface area contributed by atoms with E-state index in [4.69, 9.17) is 10.8 Å². The summed E-state index contributed by atoms with van der Waals surface area (Å²) in [5.41, 5.74) is 7.65. The molecule has 0 radical (unpaired) electrons. The number of nitrogens with two attached hydrogens (primary N) is 1. The van der Waals surface area contributed by atoms with Gasteiger partial charge in [0.05, 0.1) is 5.92 Å². The van der Waals surface area contributed by atoms with Crippen molar-refractivity contribution in [3.8, 4) is 0 Å². The van der Waals surface area contributed by atoms with Crippen LogP contribution in [0.3, 0.4) is 0 Å². The van der Waals surface area contributed by atoms with E-state index >= 15 is 0 Å². The summed E-state index contributed by atoms with van der Waals surface area (Å²) in [5, 5.41) is 8.91. The van der Waals surface area contributed by atoms with Gasteiger partial charge in [-0.25, -0.2) is 0 Å². The molecule has 0 spiro atoms. The number of carboxylic acids is 1. The second kappa shape index (κ2) is 5.19. The molecule has 3 N–H and O–H groups in total. The molecule has 0 amide bonds. The third-order valence-electron chi connectivity index (χ3n) is 3.32. The molecule has 1 atom stereocenters. The van der Waals surface area contributed by atoms with Gasteiger partial charge in [0.2, 0.25) is 0 Å². The maximum absolute atomic E-state index is 10.8. The molecule has 1 fully saturated rings. The minimum atomic E-state index is -0.667. The SMILES string of the molecule is Nc1ccc(CCN2CCC(C(=O)O)C2)cc1. The summed E-state index contributed by atoms with van der Waals surface area (Å²) in [6, 6.07) is 7.86. The molecule has 0 aromatic heterocycles. The number of anilines is 1. The Kier molecular flexibility index (Phi) is 3.64. The van der Waals surface area contributed by atoms with Crippen LogP contribution in [0.25, 0.3) is 0 Å². The Morgan fingerprint density at radius 3 is 2.71 bits per heavy atom. The van der Waals surface area contributed by atoms with E-state index in [0.717, 1.165) is 31.6 Å². The molecule has 92 valence electrons. The predicted molar refractivity (Wildman–Crippen MR) is 66.7 cm³/mol. The molecule has 1 heterocycles. The minimum absolute atomic E-state index is 0.179. The van der Waals surface area contributed by atoms with Crippen molar-refractivity contribution in [1.29, 1.82) is 0 Å². The molecular weight excluding hydrogens is 216 g/mol. The molecule has 1 aliphatic heterocycles. The number of nitrogens with zero attached hydrogens (tertiary/aromatic N) is 1. The van der Waals surface area contributed by atoms with Gasteiger partial charge >= 0.3 is 5.97 Å². The van der Waals surface area contributed by atoms with Crippen LogP contribution in [0.1, 0.15) is 12.0 Å². The molecule has 4 heteroatoms. The number of hydrogen-bond donors (Lipinski definition) is 2. The molecule has 1 aromatic rings. The Hall–Kier alpha value is -1.55. The van der Waals surface area contributed by atoms with Crippen molar-refractivity contribution >= 4 is 11.7 Å².